The Labute approximate surface area is 135 Å². The Bertz CT molecular complexity index is 538. The van der Waals surface area contributed by atoms with Gasteiger partial charge in [0, 0.05) is 18.1 Å². The summed E-state index contributed by atoms with van der Waals surface area (Å²) in [5.41, 5.74) is 0.947. The molecule has 2 rings (SSSR count). The van der Waals surface area contributed by atoms with Gasteiger partial charge in [-0.15, -0.1) is 0 Å². The zero-order chi connectivity index (χ0) is 13.3. The molecule has 2 aromatic rings. The molecule has 0 saturated carbocycles. The molecule has 1 atom stereocenters. The first-order valence-electron chi connectivity index (χ1n) is 5.07. The third-order valence-electron chi connectivity index (χ3n) is 2.51. The summed E-state index contributed by atoms with van der Waals surface area (Å²) in [7, 11) is 0. The van der Waals surface area contributed by atoms with E-state index in [9.17, 15) is 9.50 Å². The molecule has 0 saturated heterocycles. The Balaban J connectivity index is 2.50. The van der Waals surface area contributed by atoms with Crippen LogP contribution in [0.5, 0.6) is 0 Å². The zero-order valence-corrected chi connectivity index (χ0v) is 14.3. The summed E-state index contributed by atoms with van der Waals surface area (Å²) in [6.45, 7) is 0. The second-order valence-corrected chi connectivity index (χ2v) is 6.73. The smallest absolute Gasteiger partial charge is 0.129 e. The lowest BCUT2D eigenvalue weighted by Crippen LogP contribution is -2.04. The fourth-order valence-electron chi connectivity index (χ4n) is 1.62. The molecule has 1 nitrogen and oxygen atoms in total. The number of aliphatic hydroxyl groups excluding tert-OH is 1. The summed E-state index contributed by atoms with van der Waals surface area (Å²) in [6.07, 6.45) is -0.980. The van der Waals surface area contributed by atoms with E-state index >= 15 is 0 Å². The van der Waals surface area contributed by atoms with Gasteiger partial charge in [-0.1, -0.05) is 31.9 Å². The number of halogens is 4. The van der Waals surface area contributed by atoms with E-state index in [1.807, 2.05) is 12.1 Å². The van der Waals surface area contributed by atoms with Crippen molar-refractivity contribution in [2.75, 3.05) is 0 Å². The fourth-order valence-corrected chi connectivity index (χ4v) is 3.00. The number of hydrogen-bond donors (Lipinski definition) is 1. The van der Waals surface area contributed by atoms with Crippen molar-refractivity contribution in [2.45, 2.75) is 6.10 Å². The lowest BCUT2D eigenvalue weighted by Gasteiger charge is -2.15. The molecule has 5 heteroatoms. The van der Waals surface area contributed by atoms with Gasteiger partial charge in [0.25, 0.3) is 0 Å². The zero-order valence-electron chi connectivity index (χ0n) is 9.00. The highest BCUT2D eigenvalue weighted by Crippen LogP contribution is 2.31. The molecular weight excluding hydrogens is 478 g/mol. The van der Waals surface area contributed by atoms with Gasteiger partial charge in [-0.25, -0.2) is 4.39 Å². The maximum atomic E-state index is 13.7. The van der Waals surface area contributed by atoms with Gasteiger partial charge in [0.1, 0.15) is 11.9 Å². The van der Waals surface area contributed by atoms with Crippen LogP contribution in [0.25, 0.3) is 0 Å². The van der Waals surface area contributed by atoms with Gasteiger partial charge < -0.3 is 5.11 Å². The Morgan fingerprint density at radius 2 is 1.56 bits per heavy atom. The van der Waals surface area contributed by atoms with Crippen molar-refractivity contribution in [3.05, 3.63) is 65.9 Å². The van der Waals surface area contributed by atoms with Gasteiger partial charge in [0.05, 0.1) is 0 Å². The molecule has 1 N–H and O–H groups in total. The highest BCUT2D eigenvalue weighted by atomic mass is 127. The molecule has 0 radical (unpaired) electrons. The molecule has 0 aromatic heterocycles. The van der Waals surface area contributed by atoms with E-state index in [0.29, 0.717) is 5.56 Å². The van der Waals surface area contributed by atoms with Crippen LogP contribution in [-0.4, -0.2) is 5.11 Å². The minimum Gasteiger partial charge on any atom is -0.384 e. The molecule has 2 aromatic carbocycles. The number of hydrogen-bond acceptors (Lipinski definition) is 1. The highest BCUT2D eigenvalue weighted by Gasteiger charge is 2.18. The molecule has 0 aliphatic carbocycles. The minimum absolute atomic E-state index is 0.264. The van der Waals surface area contributed by atoms with Crippen molar-refractivity contribution >= 4 is 54.5 Å². The van der Waals surface area contributed by atoms with Gasteiger partial charge in [-0.3, -0.25) is 0 Å². The molecule has 0 fully saturated rings. The summed E-state index contributed by atoms with van der Waals surface area (Å²) in [6, 6.07) is 10.1. The molecule has 0 amide bonds. The van der Waals surface area contributed by atoms with Crippen molar-refractivity contribution in [1.82, 2.24) is 0 Å². The monoisotopic (exact) mass is 484 g/mol. The van der Waals surface area contributed by atoms with Crippen LogP contribution in [0, 0.1) is 9.39 Å². The summed E-state index contributed by atoms with van der Waals surface area (Å²) in [4.78, 5) is 0. The average Bonchev–Trinajstić information content (AvgIpc) is 2.34. The molecule has 18 heavy (non-hydrogen) atoms. The maximum absolute atomic E-state index is 13.7. The third-order valence-corrected chi connectivity index (χ3v) is 4.47. The van der Waals surface area contributed by atoms with Crippen molar-refractivity contribution < 1.29 is 9.50 Å². The molecule has 0 heterocycles. The van der Waals surface area contributed by atoms with Crippen molar-refractivity contribution in [1.29, 1.82) is 0 Å². The van der Waals surface area contributed by atoms with Gasteiger partial charge in [0.2, 0.25) is 0 Å². The average molecular weight is 486 g/mol. The second-order valence-electron chi connectivity index (χ2n) is 3.73. The van der Waals surface area contributed by atoms with Crippen LogP contribution in [0.3, 0.4) is 0 Å². The predicted octanol–water partition coefficient (Wildman–Crippen LogP) is 5.04. The van der Waals surface area contributed by atoms with Crippen molar-refractivity contribution in [2.24, 2.45) is 0 Å². The van der Waals surface area contributed by atoms with Crippen molar-refractivity contribution in [3.8, 4) is 0 Å². The Kier molecular flexibility index (Phi) is 4.80. The SMILES string of the molecule is OC(c1cc(Br)ccc1F)c1cc(Br)ccc1I. The first-order chi connectivity index (χ1) is 8.49. The largest absolute Gasteiger partial charge is 0.384 e. The van der Waals surface area contributed by atoms with E-state index in [1.54, 1.807) is 18.2 Å². The molecule has 0 aliphatic heterocycles. The van der Waals surface area contributed by atoms with E-state index in [2.05, 4.69) is 54.5 Å². The molecule has 1 unspecified atom stereocenters. The van der Waals surface area contributed by atoms with Crippen LogP contribution in [0.15, 0.2) is 45.3 Å². The van der Waals surface area contributed by atoms with E-state index in [0.717, 1.165) is 12.5 Å². The molecular formula is C13H8Br2FIO. The standard InChI is InChI=1S/C13H8Br2FIO/c14-7-1-3-11(16)9(5-7)13(18)10-6-8(15)2-4-12(10)17/h1-6,13,18H. The molecule has 94 valence electrons. The minimum atomic E-state index is -0.980. The topological polar surface area (TPSA) is 20.2 Å². The first kappa shape index (κ1) is 14.4. The molecule has 0 spiro atoms. The van der Waals surface area contributed by atoms with Crippen LogP contribution < -0.4 is 0 Å². The summed E-state index contributed by atoms with van der Waals surface area (Å²) in [5.74, 6) is -0.415. The van der Waals surface area contributed by atoms with E-state index in [-0.39, 0.29) is 5.56 Å². The molecule has 0 bridgehead atoms. The highest BCUT2D eigenvalue weighted by molar-refractivity contribution is 14.1. The number of aliphatic hydroxyl groups is 1. The van der Waals surface area contributed by atoms with Crippen LogP contribution in [0.4, 0.5) is 4.39 Å². The Morgan fingerprint density at radius 3 is 2.22 bits per heavy atom. The normalized spacial score (nSPS) is 12.5. The van der Waals surface area contributed by atoms with Gasteiger partial charge in [-0.05, 0) is 64.6 Å². The second kappa shape index (κ2) is 5.98. The maximum Gasteiger partial charge on any atom is 0.129 e. The van der Waals surface area contributed by atoms with E-state index in [4.69, 9.17) is 0 Å². The van der Waals surface area contributed by atoms with Crippen LogP contribution in [0.2, 0.25) is 0 Å². The van der Waals surface area contributed by atoms with Gasteiger partial charge >= 0.3 is 0 Å². The quantitative estimate of drug-likeness (QED) is 0.591. The van der Waals surface area contributed by atoms with E-state index < -0.39 is 11.9 Å². The van der Waals surface area contributed by atoms with Crippen molar-refractivity contribution in [3.63, 3.8) is 0 Å². The fraction of sp³-hybridized carbons (Fsp3) is 0.0769. The lowest BCUT2D eigenvalue weighted by atomic mass is 10.0. The third kappa shape index (κ3) is 3.12. The van der Waals surface area contributed by atoms with Crippen LogP contribution >= 0.6 is 54.5 Å². The Hall–Kier alpha value is 0.0200. The first-order valence-corrected chi connectivity index (χ1v) is 7.73. The van der Waals surface area contributed by atoms with Crippen LogP contribution in [0.1, 0.15) is 17.2 Å². The summed E-state index contributed by atoms with van der Waals surface area (Å²) >= 11 is 8.76. The van der Waals surface area contributed by atoms with E-state index in [1.165, 1.54) is 6.07 Å². The predicted molar refractivity (Wildman–Crippen MR) is 85.0 cm³/mol. The summed E-state index contributed by atoms with van der Waals surface area (Å²) < 4.78 is 16.2. The Morgan fingerprint density at radius 1 is 1.00 bits per heavy atom. The number of benzene rings is 2. The molecule has 0 aliphatic rings. The number of rotatable bonds is 2. The lowest BCUT2D eigenvalue weighted by molar-refractivity contribution is 0.214. The van der Waals surface area contributed by atoms with Gasteiger partial charge in [0.15, 0.2) is 0 Å². The summed E-state index contributed by atoms with van der Waals surface area (Å²) in [5, 5.41) is 10.3. The van der Waals surface area contributed by atoms with Crippen LogP contribution in [-0.2, 0) is 0 Å². The van der Waals surface area contributed by atoms with Gasteiger partial charge in [-0.2, -0.15) is 0 Å².